The molecule has 0 bridgehead atoms. The van der Waals surface area contributed by atoms with E-state index in [4.69, 9.17) is 10.5 Å². The van der Waals surface area contributed by atoms with Gasteiger partial charge in [0, 0.05) is 13.6 Å². The maximum atomic E-state index is 10.5. The van der Waals surface area contributed by atoms with Gasteiger partial charge in [0.2, 0.25) is 5.95 Å². The first-order chi connectivity index (χ1) is 12.6. The Morgan fingerprint density at radius 2 is 2.04 bits per heavy atom. The predicted molar refractivity (Wildman–Crippen MR) is 96.6 cm³/mol. The van der Waals surface area contributed by atoms with Crippen LogP contribution in [0.1, 0.15) is 12.6 Å². The van der Waals surface area contributed by atoms with E-state index in [9.17, 15) is 10.2 Å². The Balaban J connectivity index is 1.79. The van der Waals surface area contributed by atoms with Gasteiger partial charge in [-0.3, -0.25) is 4.57 Å². The lowest BCUT2D eigenvalue weighted by Crippen LogP contribution is -2.38. The zero-order valence-corrected chi connectivity index (χ0v) is 14.9. The monoisotopic (exact) mass is 366 g/mol. The van der Waals surface area contributed by atoms with E-state index < -0.39 is 24.5 Å². The lowest BCUT2D eigenvalue weighted by atomic mass is 10.1. The molecule has 0 amide bonds. The van der Waals surface area contributed by atoms with Crippen LogP contribution in [0.15, 0.2) is 6.33 Å². The molecular weight excluding hydrogens is 340 g/mol. The highest BCUT2D eigenvalue weighted by Crippen LogP contribution is 2.34. The van der Waals surface area contributed by atoms with E-state index in [1.165, 1.54) is 6.33 Å². The third-order valence-electron chi connectivity index (χ3n) is 4.45. The Morgan fingerprint density at radius 3 is 2.77 bits per heavy atom. The molecule has 0 spiro atoms. The molecule has 1 fully saturated rings. The second kappa shape index (κ2) is 8.10. The molecular formula is C15H26N8O3. The summed E-state index contributed by atoms with van der Waals surface area (Å²) >= 11 is 0. The highest BCUT2D eigenvalue weighted by Gasteiger charge is 2.45. The van der Waals surface area contributed by atoms with Gasteiger partial charge in [0.1, 0.15) is 24.6 Å². The van der Waals surface area contributed by atoms with Gasteiger partial charge in [-0.05, 0) is 26.6 Å². The molecule has 2 unspecified atom stereocenters. The minimum absolute atomic E-state index is 0.237. The quantitative estimate of drug-likeness (QED) is 0.297. The molecule has 144 valence electrons. The van der Waals surface area contributed by atoms with Gasteiger partial charge in [-0.25, -0.2) is 15.0 Å². The summed E-state index contributed by atoms with van der Waals surface area (Å²) in [6, 6.07) is 0. The van der Waals surface area contributed by atoms with Gasteiger partial charge in [0.05, 0.1) is 0 Å². The maximum absolute atomic E-state index is 10.5. The maximum Gasteiger partial charge on any atom is 0.207 e. The smallest absolute Gasteiger partial charge is 0.207 e. The lowest BCUT2D eigenvalue weighted by Gasteiger charge is -2.19. The summed E-state index contributed by atoms with van der Waals surface area (Å²) < 4.78 is 7.53. The van der Waals surface area contributed by atoms with Crippen LogP contribution >= 0.6 is 0 Å². The molecule has 3 rings (SSSR count). The van der Waals surface area contributed by atoms with Crippen molar-refractivity contribution in [3.63, 3.8) is 0 Å². The standard InChI is InChI=1S/C15H26N8O3/c1-17-4-3-5-19-6-8-10(24)11(25)14(26-8)23-13-9(22-15(23)18-2)12(16)20-7-21-13/h7-8,10-11,14,17,19,24-25H,3-6H2,1-2H3,(H,18,22)(H2,16,20,21)/t8-,10?,11?,14-/m1/s1. The van der Waals surface area contributed by atoms with Gasteiger partial charge in [-0.15, -0.1) is 0 Å². The number of nitrogen functional groups attached to an aromatic ring is 1. The topological polar surface area (TPSA) is 155 Å². The van der Waals surface area contributed by atoms with Crippen molar-refractivity contribution in [2.24, 2.45) is 0 Å². The van der Waals surface area contributed by atoms with E-state index in [1.54, 1.807) is 11.6 Å². The second-order valence-corrected chi connectivity index (χ2v) is 6.19. The van der Waals surface area contributed by atoms with Crippen molar-refractivity contribution in [1.82, 2.24) is 30.2 Å². The van der Waals surface area contributed by atoms with E-state index in [0.717, 1.165) is 19.5 Å². The summed E-state index contributed by atoms with van der Waals surface area (Å²) in [5, 5.41) is 30.1. The van der Waals surface area contributed by atoms with Crippen molar-refractivity contribution in [1.29, 1.82) is 0 Å². The Hall–Kier alpha value is -2.05. The second-order valence-electron chi connectivity index (χ2n) is 6.19. The number of ether oxygens (including phenoxy) is 1. The van der Waals surface area contributed by atoms with Crippen molar-refractivity contribution in [2.45, 2.75) is 31.0 Å². The molecule has 1 saturated heterocycles. The third-order valence-corrected chi connectivity index (χ3v) is 4.45. The predicted octanol–water partition coefficient (Wildman–Crippen LogP) is -1.73. The molecule has 26 heavy (non-hydrogen) atoms. The number of nitrogens with one attached hydrogen (secondary N) is 3. The number of nitrogens with two attached hydrogens (primary N) is 1. The summed E-state index contributed by atoms with van der Waals surface area (Å²) in [5.74, 6) is 0.659. The van der Waals surface area contributed by atoms with Crippen molar-refractivity contribution in [3.05, 3.63) is 6.33 Å². The first-order valence-electron chi connectivity index (χ1n) is 8.61. The number of anilines is 2. The number of fused-ring (bicyclic) bond motifs is 1. The SMILES string of the molecule is CNCCCNC[C@H]1O[C@@H](n2c(NC)nc3c(N)ncnc32)C(O)C1O. The summed E-state index contributed by atoms with van der Waals surface area (Å²) in [4.78, 5) is 12.5. The number of rotatable bonds is 8. The Morgan fingerprint density at radius 1 is 1.23 bits per heavy atom. The summed E-state index contributed by atoms with van der Waals surface area (Å²) in [7, 11) is 3.59. The number of aliphatic hydroxyl groups excluding tert-OH is 2. The van der Waals surface area contributed by atoms with Crippen LogP contribution in [0.5, 0.6) is 0 Å². The van der Waals surface area contributed by atoms with E-state index in [0.29, 0.717) is 23.7 Å². The largest absolute Gasteiger partial charge is 0.387 e. The van der Waals surface area contributed by atoms with Gasteiger partial charge in [-0.2, -0.15) is 0 Å². The number of aliphatic hydroxyl groups is 2. The summed E-state index contributed by atoms with van der Waals surface area (Å²) in [5.41, 5.74) is 6.71. The highest BCUT2D eigenvalue weighted by atomic mass is 16.6. The van der Waals surface area contributed by atoms with Crippen molar-refractivity contribution in [3.8, 4) is 0 Å². The van der Waals surface area contributed by atoms with Crippen LogP contribution in [0.4, 0.5) is 11.8 Å². The Kier molecular flexibility index (Phi) is 5.84. The first kappa shape index (κ1) is 18.7. The molecule has 11 nitrogen and oxygen atoms in total. The summed E-state index contributed by atoms with van der Waals surface area (Å²) in [6.45, 7) is 2.12. The molecule has 3 heterocycles. The average Bonchev–Trinajstić information content (AvgIpc) is 3.14. The third kappa shape index (κ3) is 3.44. The number of nitrogens with zero attached hydrogens (tertiary/aromatic N) is 4. The number of hydrogen-bond acceptors (Lipinski definition) is 10. The van der Waals surface area contributed by atoms with E-state index in [1.807, 2.05) is 7.05 Å². The number of hydrogen-bond donors (Lipinski definition) is 6. The lowest BCUT2D eigenvalue weighted by molar-refractivity contribution is -0.0328. The molecule has 0 aromatic carbocycles. The van der Waals surface area contributed by atoms with Crippen molar-refractivity contribution >= 4 is 22.9 Å². The van der Waals surface area contributed by atoms with Crippen LogP contribution < -0.4 is 21.7 Å². The number of aromatic nitrogens is 4. The van der Waals surface area contributed by atoms with Crippen LogP contribution in [0.25, 0.3) is 11.2 Å². The van der Waals surface area contributed by atoms with E-state index in [2.05, 4.69) is 30.9 Å². The van der Waals surface area contributed by atoms with Crippen LogP contribution in [0, 0.1) is 0 Å². The zero-order chi connectivity index (χ0) is 18.7. The van der Waals surface area contributed by atoms with Crippen LogP contribution in [0.3, 0.4) is 0 Å². The minimum Gasteiger partial charge on any atom is -0.387 e. The van der Waals surface area contributed by atoms with Crippen molar-refractivity contribution < 1.29 is 14.9 Å². The highest BCUT2D eigenvalue weighted by molar-refractivity contribution is 5.84. The first-order valence-corrected chi connectivity index (χ1v) is 8.61. The molecule has 0 radical (unpaired) electrons. The number of imidazole rings is 1. The van der Waals surface area contributed by atoms with Crippen LogP contribution in [-0.4, -0.2) is 81.8 Å². The molecule has 7 N–H and O–H groups in total. The van der Waals surface area contributed by atoms with Gasteiger partial charge in [-0.1, -0.05) is 0 Å². The zero-order valence-electron chi connectivity index (χ0n) is 14.9. The Labute approximate surface area is 151 Å². The van der Waals surface area contributed by atoms with Gasteiger partial charge in [0.25, 0.3) is 0 Å². The van der Waals surface area contributed by atoms with Crippen molar-refractivity contribution in [2.75, 3.05) is 44.8 Å². The molecule has 1 aliphatic rings. The molecule has 2 aromatic heterocycles. The van der Waals surface area contributed by atoms with Gasteiger partial charge in [0.15, 0.2) is 23.2 Å². The average molecular weight is 366 g/mol. The molecule has 0 aliphatic carbocycles. The van der Waals surface area contributed by atoms with Gasteiger partial charge < -0.3 is 36.6 Å². The Bertz CT molecular complexity index is 739. The van der Waals surface area contributed by atoms with Gasteiger partial charge >= 0.3 is 0 Å². The molecule has 0 saturated carbocycles. The van der Waals surface area contributed by atoms with E-state index in [-0.39, 0.29) is 5.82 Å². The molecule has 4 atom stereocenters. The minimum atomic E-state index is -1.13. The van der Waals surface area contributed by atoms with E-state index >= 15 is 0 Å². The fourth-order valence-corrected chi connectivity index (χ4v) is 3.09. The summed E-state index contributed by atoms with van der Waals surface area (Å²) in [6.07, 6.45) is -1.26. The fraction of sp³-hybridized carbons (Fsp3) is 0.667. The molecule has 2 aromatic rings. The molecule has 11 heteroatoms. The van der Waals surface area contributed by atoms with Crippen LogP contribution in [0.2, 0.25) is 0 Å². The van der Waals surface area contributed by atoms with Crippen LogP contribution in [-0.2, 0) is 4.74 Å². The molecule has 1 aliphatic heterocycles. The normalized spacial score (nSPS) is 25.8. The fourth-order valence-electron chi connectivity index (χ4n) is 3.09.